The molecule has 2 nitrogen and oxygen atoms in total. The number of nitrogens with two attached hydrogens (primary N) is 1. The molecule has 0 aliphatic rings. The molecule has 0 aliphatic carbocycles. The molecule has 0 atom stereocenters. The zero-order valence-electron chi connectivity index (χ0n) is 9.48. The normalized spacial score (nSPS) is 10.7. The van der Waals surface area contributed by atoms with Gasteiger partial charge in [-0.15, -0.1) is 11.3 Å². The Labute approximate surface area is 108 Å². The van der Waals surface area contributed by atoms with Gasteiger partial charge in [0.25, 0.3) is 0 Å². The van der Waals surface area contributed by atoms with Crippen LogP contribution in [0.5, 0.6) is 0 Å². The van der Waals surface area contributed by atoms with E-state index in [1.807, 2.05) is 23.6 Å². The van der Waals surface area contributed by atoms with Crippen molar-refractivity contribution in [3.8, 4) is 0 Å². The summed E-state index contributed by atoms with van der Waals surface area (Å²) in [7, 11) is 0. The number of thiophene rings is 1. The van der Waals surface area contributed by atoms with Crippen LogP contribution in [-0.4, -0.2) is 0 Å². The summed E-state index contributed by atoms with van der Waals surface area (Å²) in [6, 6.07) is 12.8. The summed E-state index contributed by atoms with van der Waals surface area (Å²) in [5.41, 5.74) is 7.32. The summed E-state index contributed by atoms with van der Waals surface area (Å²) in [6.45, 7) is 0. The Bertz CT molecular complexity index is 706. The fourth-order valence-electron chi connectivity index (χ4n) is 1.85. The fraction of sp³-hybridized carbons (Fsp3) is 0. The van der Waals surface area contributed by atoms with E-state index in [0.29, 0.717) is 5.69 Å². The minimum Gasteiger partial charge on any atom is -0.395 e. The number of hydrogen-bond donors (Lipinski definition) is 2. The molecule has 3 rings (SSSR count). The summed E-state index contributed by atoms with van der Waals surface area (Å²) in [6.07, 6.45) is 0. The van der Waals surface area contributed by atoms with Crippen molar-refractivity contribution in [2.75, 3.05) is 11.1 Å². The first kappa shape index (κ1) is 11.0. The zero-order valence-corrected chi connectivity index (χ0v) is 10.3. The highest BCUT2D eigenvalue weighted by molar-refractivity contribution is 7.17. The zero-order chi connectivity index (χ0) is 12.5. The molecule has 2 aromatic carbocycles. The van der Waals surface area contributed by atoms with E-state index < -0.39 is 5.82 Å². The fourth-order valence-corrected chi connectivity index (χ4v) is 2.62. The third-order valence-electron chi connectivity index (χ3n) is 2.78. The van der Waals surface area contributed by atoms with Crippen LogP contribution >= 0.6 is 11.3 Å². The van der Waals surface area contributed by atoms with Gasteiger partial charge in [-0.2, -0.15) is 0 Å². The van der Waals surface area contributed by atoms with Crippen LogP contribution in [-0.2, 0) is 0 Å². The van der Waals surface area contributed by atoms with Crippen LogP contribution in [0, 0.1) is 5.82 Å². The van der Waals surface area contributed by atoms with Gasteiger partial charge in [0.1, 0.15) is 5.82 Å². The topological polar surface area (TPSA) is 38.0 Å². The molecule has 1 heterocycles. The summed E-state index contributed by atoms with van der Waals surface area (Å²) in [5, 5.41) is 6.35. The van der Waals surface area contributed by atoms with E-state index in [9.17, 15) is 4.39 Å². The van der Waals surface area contributed by atoms with Gasteiger partial charge in [0, 0.05) is 10.4 Å². The van der Waals surface area contributed by atoms with Gasteiger partial charge in [0.05, 0.1) is 11.4 Å². The Hall–Kier alpha value is -2.07. The number of fused-ring (bicyclic) bond motifs is 1. The summed E-state index contributed by atoms with van der Waals surface area (Å²) in [4.78, 5) is 0. The summed E-state index contributed by atoms with van der Waals surface area (Å²) < 4.78 is 14.6. The largest absolute Gasteiger partial charge is 0.395 e. The van der Waals surface area contributed by atoms with Crippen LogP contribution in [0.3, 0.4) is 0 Å². The van der Waals surface area contributed by atoms with Crippen LogP contribution in [0.25, 0.3) is 10.1 Å². The van der Waals surface area contributed by atoms with Gasteiger partial charge < -0.3 is 11.1 Å². The highest BCUT2D eigenvalue weighted by atomic mass is 32.1. The number of para-hydroxylation sites is 1. The quantitative estimate of drug-likeness (QED) is 0.670. The molecule has 0 fully saturated rings. The van der Waals surface area contributed by atoms with Crippen molar-refractivity contribution in [1.29, 1.82) is 0 Å². The number of nitrogens with one attached hydrogen (secondary N) is 1. The molecule has 0 amide bonds. The van der Waals surface area contributed by atoms with Crippen molar-refractivity contribution >= 4 is 38.5 Å². The van der Waals surface area contributed by atoms with Crippen LogP contribution in [0.15, 0.2) is 47.8 Å². The van der Waals surface area contributed by atoms with Crippen molar-refractivity contribution in [2.45, 2.75) is 0 Å². The van der Waals surface area contributed by atoms with Gasteiger partial charge in [0.15, 0.2) is 0 Å². The monoisotopic (exact) mass is 258 g/mol. The van der Waals surface area contributed by atoms with Gasteiger partial charge in [-0.1, -0.05) is 6.07 Å². The molecule has 0 spiro atoms. The number of benzene rings is 2. The molecule has 0 unspecified atom stereocenters. The van der Waals surface area contributed by atoms with E-state index in [-0.39, 0.29) is 5.69 Å². The molecule has 90 valence electrons. The van der Waals surface area contributed by atoms with Crippen molar-refractivity contribution in [1.82, 2.24) is 0 Å². The maximum absolute atomic E-state index is 13.3. The first-order valence-corrected chi connectivity index (χ1v) is 6.40. The second-order valence-electron chi connectivity index (χ2n) is 4.00. The van der Waals surface area contributed by atoms with Crippen LogP contribution in [0.2, 0.25) is 0 Å². The highest BCUT2D eigenvalue weighted by Gasteiger charge is 2.05. The average molecular weight is 258 g/mol. The number of rotatable bonds is 2. The van der Waals surface area contributed by atoms with Crippen LogP contribution in [0.4, 0.5) is 21.5 Å². The van der Waals surface area contributed by atoms with Gasteiger partial charge in [-0.3, -0.25) is 0 Å². The second-order valence-corrected chi connectivity index (χ2v) is 4.95. The Morgan fingerprint density at radius 2 is 2.00 bits per heavy atom. The summed E-state index contributed by atoms with van der Waals surface area (Å²) >= 11 is 1.70. The van der Waals surface area contributed by atoms with E-state index >= 15 is 0 Å². The third kappa shape index (κ3) is 1.91. The lowest BCUT2D eigenvalue weighted by Crippen LogP contribution is -1.98. The molecule has 1 aromatic heterocycles. The molecule has 0 bridgehead atoms. The van der Waals surface area contributed by atoms with E-state index in [1.54, 1.807) is 23.5 Å². The molecule has 3 N–H and O–H groups in total. The second kappa shape index (κ2) is 4.31. The first-order valence-electron chi connectivity index (χ1n) is 5.52. The molecule has 0 radical (unpaired) electrons. The van der Waals surface area contributed by atoms with Crippen molar-refractivity contribution in [3.63, 3.8) is 0 Å². The Morgan fingerprint density at radius 3 is 2.89 bits per heavy atom. The number of anilines is 3. The standard InChI is InChI=1S/C14H11FN2S/c15-11-2-1-3-12(14(11)16)17-10-4-5-13-9(8-10)6-7-18-13/h1-8,17H,16H2. The lowest BCUT2D eigenvalue weighted by atomic mass is 10.2. The summed E-state index contributed by atoms with van der Waals surface area (Å²) in [5.74, 6) is -0.406. The third-order valence-corrected chi connectivity index (χ3v) is 3.68. The Morgan fingerprint density at radius 1 is 1.11 bits per heavy atom. The molecule has 0 saturated heterocycles. The van der Waals surface area contributed by atoms with Gasteiger partial charge >= 0.3 is 0 Å². The van der Waals surface area contributed by atoms with Crippen molar-refractivity contribution in [2.24, 2.45) is 0 Å². The van der Waals surface area contributed by atoms with Gasteiger partial charge in [0.2, 0.25) is 0 Å². The van der Waals surface area contributed by atoms with E-state index in [4.69, 9.17) is 5.73 Å². The maximum Gasteiger partial charge on any atom is 0.148 e. The lowest BCUT2D eigenvalue weighted by molar-refractivity contribution is 0.633. The van der Waals surface area contributed by atoms with Gasteiger partial charge in [-0.25, -0.2) is 4.39 Å². The Kier molecular flexibility index (Phi) is 2.64. The van der Waals surface area contributed by atoms with Crippen molar-refractivity contribution in [3.05, 3.63) is 53.7 Å². The SMILES string of the molecule is Nc1c(F)cccc1Nc1ccc2sccc2c1. The molecule has 18 heavy (non-hydrogen) atoms. The van der Waals surface area contributed by atoms with E-state index in [1.165, 1.54) is 16.2 Å². The van der Waals surface area contributed by atoms with E-state index in [0.717, 1.165) is 5.69 Å². The number of halogens is 1. The predicted octanol–water partition coefficient (Wildman–Crippen LogP) is 4.37. The number of hydrogen-bond acceptors (Lipinski definition) is 3. The minimum atomic E-state index is -0.406. The Balaban J connectivity index is 1.98. The van der Waals surface area contributed by atoms with Crippen molar-refractivity contribution < 1.29 is 4.39 Å². The maximum atomic E-state index is 13.3. The van der Waals surface area contributed by atoms with Gasteiger partial charge in [-0.05, 0) is 47.2 Å². The minimum absolute atomic E-state index is 0.142. The van der Waals surface area contributed by atoms with Crippen LogP contribution < -0.4 is 11.1 Å². The number of nitrogen functional groups attached to an aromatic ring is 1. The smallest absolute Gasteiger partial charge is 0.148 e. The first-order chi connectivity index (χ1) is 8.74. The lowest BCUT2D eigenvalue weighted by Gasteiger charge is -2.09. The van der Waals surface area contributed by atoms with E-state index in [2.05, 4.69) is 11.4 Å². The molecule has 4 heteroatoms. The molecule has 3 aromatic rings. The predicted molar refractivity (Wildman–Crippen MR) is 75.9 cm³/mol. The average Bonchev–Trinajstić information content (AvgIpc) is 2.82. The highest BCUT2D eigenvalue weighted by Crippen LogP contribution is 2.28. The molecule has 0 aliphatic heterocycles. The molecular weight excluding hydrogens is 247 g/mol. The van der Waals surface area contributed by atoms with Crippen LogP contribution in [0.1, 0.15) is 0 Å². The molecular formula is C14H11FN2S. The molecule has 0 saturated carbocycles.